The van der Waals surface area contributed by atoms with Gasteiger partial charge in [-0.05, 0) is 17.5 Å². The van der Waals surface area contributed by atoms with E-state index in [1.165, 1.54) is 23.9 Å². The highest BCUT2D eigenvalue weighted by atomic mass is 32.2. The molecule has 108 valence electrons. The zero-order valence-electron chi connectivity index (χ0n) is 11.7. The van der Waals surface area contributed by atoms with Crippen LogP contribution in [0.4, 0.5) is 8.78 Å². The van der Waals surface area contributed by atoms with Crippen LogP contribution in [0.3, 0.4) is 0 Å². The molecule has 0 fully saturated rings. The van der Waals surface area contributed by atoms with Gasteiger partial charge in [-0.2, -0.15) is 0 Å². The Kier molecular flexibility index (Phi) is 4.09. The third-order valence-electron chi connectivity index (χ3n) is 2.55. The van der Waals surface area contributed by atoms with E-state index in [-0.39, 0.29) is 17.8 Å². The van der Waals surface area contributed by atoms with Crippen molar-refractivity contribution < 1.29 is 13.5 Å². The molecule has 0 saturated carbocycles. The molecule has 1 aromatic carbocycles. The molecule has 2 rings (SSSR count). The Balaban J connectivity index is 2.23. The second-order valence-corrected chi connectivity index (χ2v) is 6.78. The van der Waals surface area contributed by atoms with Gasteiger partial charge in [-0.3, -0.25) is 0 Å². The summed E-state index contributed by atoms with van der Waals surface area (Å²) >= 11 is 1.39. The van der Waals surface area contributed by atoms with Crippen molar-refractivity contribution in [1.29, 1.82) is 0 Å². The Labute approximate surface area is 121 Å². The van der Waals surface area contributed by atoms with Crippen LogP contribution in [0.25, 0.3) is 5.70 Å². The van der Waals surface area contributed by atoms with E-state index in [0.717, 1.165) is 5.03 Å². The molecular formula is C15H17F2NOS. The lowest BCUT2D eigenvalue weighted by Gasteiger charge is -2.19. The zero-order chi connectivity index (χ0) is 14.9. The summed E-state index contributed by atoms with van der Waals surface area (Å²) in [6, 6.07) is 2.53. The number of halogens is 2. The second-order valence-electron chi connectivity index (χ2n) is 5.82. The van der Waals surface area contributed by atoms with E-state index in [1.807, 2.05) is 20.8 Å². The molecule has 1 aromatic rings. The summed E-state index contributed by atoms with van der Waals surface area (Å²) in [7, 11) is 0. The fourth-order valence-electron chi connectivity index (χ4n) is 1.62. The number of benzene rings is 1. The number of ether oxygens (including phenoxy) is 1. The van der Waals surface area contributed by atoms with Crippen molar-refractivity contribution in [2.45, 2.75) is 20.8 Å². The quantitative estimate of drug-likeness (QED) is 0.888. The lowest BCUT2D eigenvalue weighted by atomic mass is 9.99. The highest BCUT2D eigenvalue weighted by molar-refractivity contribution is 8.06. The highest BCUT2D eigenvalue weighted by Crippen LogP contribution is 2.32. The molecule has 2 nitrogen and oxygen atoms in total. The third-order valence-corrected chi connectivity index (χ3v) is 3.29. The van der Waals surface area contributed by atoms with Crippen molar-refractivity contribution in [3.63, 3.8) is 0 Å². The van der Waals surface area contributed by atoms with Gasteiger partial charge in [0.15, 0.2) is 17.4 Å². The highest BCUT2D eigenvalue weighted by Gasteiger charge is 2.19. The average molecular weight is 297 g/mol. The molecule has 5 heteroatoms. The van der Waals surface area contributed by atoms with E-state index in [0.29, 0.717) is 11.3 Å². The molecule has 1 heterocycles. The summed E-state index contributed by atoms with van der Waals surface area (Å²) in [6.07, 6.45) is 0. The molecule has 0 unspecified atom stereocenters. The van der Waals surface area contributed by atoms with Crippen LogP contribution in [-0.2, 0) is 0 Å². The van der Waals surface area contributed by atoms with Gasteiger partial charge in [0.05, 0.1) is 17.3 Å². The van der Waals surface area contributed by atoms with E-state index in [9.17, 15) is 8.78 Å². The maximum absolute atomic E-state index is 14.0. The molecule has 1 N–H and O–H groups in total. The van der Waals surface area contributed by atoms with Crippen LogP contribution in [-0.4, -0.2) is 6.61 Å². The first-order chi connectivity index (χ1) is 9.26. The van der Waals surface area contributed by atoms with Gasteiger partial charge in [0.1, 0.15) is 0 Å². The Morgan fingerprint density at radius 2 is 1.85 bits per heavy atom. The van der Waals surface area contributed by atoms with E-state index in [1.54, 1.807) is 5.41 Å². The summed E-state index contributed by atoms with van der Waals surface area (Å²) in [5.74, 6) is -1.72. The number of nitrogens with one attached hydrogen (secondary N) is 1. The zero-order valence-corrected chi connectivity index (χ0v) is 12.5. The van der Waals surface area contributed by atoms with Gasteiger partial charge in [0, 0.05) is 11.0 Å². The summed E-state index contributed by atoms with van der Waals surface area (Å²) in [6.45, 7) is 9.79. The molecule has 0 aromatic heterocycles. The van der Waals surface area contributed by atoms with Crippen LogP contribution in [0.2, 0.25) is 0 Å². The van der Waals surface area contributed by atoms with Crippen LogP contribution in [0.5, 0.6) is 5.75 Å². The Hall–Kier alpha value is -1.49. The minimum atomic E-state index is -0.700. The van der Waals surface area contributed by atoms with Gasteiger partial charge in [0.25, 0.3) is 0 Å². The Bertz CT molecular complexity index is 553. The van der Waals surface area contributed by atoms with Crippen molar-refractivity contribution >= 4 is 17.5 Å². The molecule has 0 aliphatic carbocycles. The largest absolute Gasteiger partial charge is 0.487 e. The van der Waals surface area contributed by atoms with Crippen LogP contribution < -0.4 is 10.1 Å². The van der Waals surface area contributed by atoms with Crippen molar-refractivity contribution in [2.75, 3.05) is 6.61 Å². The van der Waals surface area contributed by atoms with Gasteiger partial charge in [-0.1, -0.05) is 39.1 Å². The standard InChI is InChI=1S/C15H17F2NOS/c1-9-18-13(7-20-9)10-5-11(16)14(12(17)6-10)19-8-15(2,3)4/h5-7,18H,1,8H2,2-4H3. The molecule has 0 bridgehead atoms. The molecule has 1 aliphatic heterocycles. The van der Waals surface area contributed by atoms with E-state index < -0.39 is 11.6 Å². The first kappa shape index (κ1) is 14.9. The fourth-order valence-corrected chi connectivity index (χ4v) is 2.25. The van der Waals surface area contributed by atoms with Crippen molar-refractivity contribution in [1.82, 2.24) is 5.32 Å². The number of hydrogen-bond donors (Lipinski definition) is 1. The minimum absolute atomic E-state index is 0.165. The van der Waals surface area contributed by atoms with Crippen molar-refractivity contribution in [2.24, 2.45) is 5.41 Å². The third kappa shape index (κ3) is 3.54. The molecule has 0 spiro atoms. The summed E-state index contributed by atoms with van der Waals surface area (Å²) in [5, 5.41) is 5.46. The number of hydrogen-bond acceptors (Lipinski definition) is 3. The number of thioether (sulfide) groups is 1. The molecule has 0 saturated heterocycles. The summed E-state index contributed by atoms with van der Waals surface area (Å²) in [5.41, 5.74) is 0.913. The van der Waals surface area contributed by atoms with E-state index >= 15 is 0 Å². The van der Waals surface area contributed by atoms with E-state index in [4.69, 9.17) is 4.74 Å². The predicted molar refractivity (Wildman–Crippen MR) is 79.2 cm³/mol. The summed E-state index contributed by atoms with van der Waals surface area (Å²) in [4.78, 5) is 0. The Morgan fingerprint density at radius 1 is 1.25 bits per heavy atom. The molecular weight excluding hydrogens is 280 g/mol. The maximum Gasteiger partial charge on any atom is 0.190 e. The second kappa shape index (κ2) is 5.48. The smallest absolute Gasteiger partial charge is 0.190 e. The van der Waals surface area contributed by atoms with Crippen LogP contribution in [0.15, 0.2) is 29.1 Å². The Morgan fingerprint density at radius 3 is 2.30 bits per heavy atom. The van der Waals surface area contributed by atoms with Crippen molar-refractivity contribution in [3.8, 4) is 5.75 Å². The first-order valence-corrected chi connectivity index (χ1v) is 7.09. The first-order valence-electron chi connectivity index (χ1n) is 6.21. The fraction of sp³-hybridized carbons (Fsp3) is 0.333. The average Bonchev–Trinajstić information content (AvgIpc) is 2.73. The predicted octanol–water partition coefficient (Wildman–Crippen LogP) is 4.50. The van der Waals surface area contributed by atoms with Gasteiger partial charge >= 0.3 is 0 Å². The minimum Gasteiger partial charge on any atom is -0.487 e. The van der Waals surface area contributed by atoms with Gasteiger partial charge in [0.2, 0.25) is 0 Å². The lowest BCUT2D eigenvalue weighted by molar-refractivity contribution is 0.184. The van der Waals surface area contributed by atoms with E-state index in [2.05, 4.69) is 11.9 Å². The molecule has 0 radical (unpaired) electrons. The molecule has 0 atom stereocenters. The van der Waals surface area contributed by atoms with Crippen LogP contribution in [0.1, 0.15) is 26.3 Å². The van der Waals surface area contributed by atoms with Crippen LogP contribution >= 0.6 is 11.8 Å². The lowest BCUT2D eigenvalue weighted by Crippen LogP contribution is -2.18. The monoisotopic (exact) mass is 297 g/mol. The molecule has 0 amide bonds. The number of rotatable bonds is 3. The molecule has 20 heavy (non-hydrogen) atoms. The van der Waals surface area contributed by atoms with Crippen LogP contribution in [0, 0.1) is 17.0 Å². The molecule has 1 aliphatic rings. The maximum atomic E-state index is 14.0. The van der Waals surface area contributed by atoms with Crippen molar-refractivity contribution in [3.05, 3.63) is 46.3 Å². The summed E-state index contributed by atoms with van der Waals surface area (Å²) < 4.78 is 33.2. The van der Waals surface area contributed by atoms with Gasteiger partial charge in [-0.15, -0.1) is 0 Å². The normalized spacial score (nSPS) is 15.1. The van der Waals surface area contributed by atoms with Gasteiger partial charge < -0.3 is 10.1 Å². The topological polar surface area (TPSA) is 21.3 Å². The SMILES string of the molecule is C=C1NC(c2cc(F)c(OCC(C)(C)C)c(F)c2)=CS1. The van der Waals surface area contributed by atoms with Gasteiger partial charge in [-0.25, -0.2) is 8.78 Å².